The molecule has 0 saturated heterocycles. The molecule has 3 rings (SSSR count). The van der Waals surface area contributed by atoms with E-state index in [4.69, 9.17) is 19.9 Å². The molecular formula is C27H33N3O4S2. The Morgan fingerprint density at radius 3 is 2.25 bits per heavy atom. The molecule has 7 nitrogen and oxygen atoms in total. The summed E-state index contributed by atoms with van der Waals surface area (Å²) in [5.41, 5.74) is 8.04. The smallest absolute Gasteiger partial charge is 0.162 e. The van der Waals surface area contributed by atoms with Gasteiger partial charge in [-0.1, -0.05) is 25.1 Å². The molecule has 0 aliphatic carbocycles. The van der Waals surface area contributed by atoms with E-state index in [9.17, 15) is 4.79 Å². The van der Waals surface area contributed by atoms with Gasteiger partial charge in [0.05, 0.1) is 27.0 Å². The van der Waals surface area contributed by atoms with Crippen LogP contribution < -0.4 is 25.3 Å². The lowest BCUT2D eigenvalue weighted by atomic mass is 10.1. The first-order valence-electron chi connectivity index (χ1n) is 11.2. The minimum absolute atomic E-state index is 0.363. The number of carbonyl (C=O) groups is 1. The SMILES string of the molecule is C=Nc1cc(OC)c(OC)cc1SCN.CCSc1ccc(C(C=O)Nc2cccc(OC)c2)cc1. The molecule has 36 heavy (non-hydrogen) atoms. The lowest BCUT2D eigenvalue weighted by Gasteiger charge is -2.15. The van der Waals surface area contributed by atoms with Crippen LogP contribution in [0.4, 0.5) is 11.4 Å². The number of aldehydes is 1. The topological polar surface area (TPSA) is 95.2 Å². The predicted molar refractivity (Wildman–Crippen MR) is 152 cm³/mol. The van der Waals surface area contributed by atoms with E-state index in [1.165, 1.54) is 16.7 Å². The number of thioether (sulfide) groups is 2. The van der Waals surface area contributed by atoms with Crippen molar-refractivity contribution >= 4 is 47.9 Å². The Morgan fingerprint density at radius 1 is 1.00 bits per heavy atom. The number of benzene rings is 3. The van der Waals surface area contributed by atoms with Gasteiger partial charge in [0.2, 0.25) is 0 Å². The zero-order valence-corrected chi connectivity index (χ0v) is 22.7. The van der Waals surface area contributed by atoms with E-state index in [2.05, 4.69) is 24.0 Å². The third-order valence-electron chi connectivity index (χ3n) is 4.95. The van der Waals surface area contributed by atoms with E-state index < -0.39 is 0 Å². The van der Waals surface area contributed by atoms with E-state index in [0.29, 0.717) is 17.4 Å². The second-order valence-electron chi connectivity index (χ2n) is 7.14. The van der Waals surface area contributed by atoms with Crippen LogP contribution in [0.2, 0.25) is 0 Å². The Labute approximate surface area is 221 Å². The molecule has 0 heterocycles. The number of anilines is 1. The van der Waals surface area contributed by atoms with Crippen LogP contribution in [0.5, 0.6) is 17.2 Å². The summed E-state index contributed by atoms with van der Waals surface area (Å²) in [7, 11) is 4.80. The maximum Gasteiger partial charge on any atom is 0.162 e. The Bertz CT molecular complexity index is 1110. The van der Waals surface area contributed by atoms with Crippen molar-refractivity contribution in [3.8, 4) is 17.2 Å². The van der Waals surface area contributed by atoms with Gasteiger partial charge < -0.3 is 30.1 Å². The molecule has 3 N–H and O–H groups in total. The zero-order valence-electron chi connectivity index (χ0n) is 21.0. The fourth-order valence-electron chi connectivity index (χ4n) is 3.20. The van der Waals surface area contributed by atoms with Gasteiger partial charge in [-0.3, -0.25) is 4.99 Å². The van der Waals surface area contributed by atoms with E-state index in [0.717, 1.165) is 39.6 Å². The minimum Gasteiger partial charge on any atom is -0.497 e. The first-order valence-corrected chi connectivity index (χ1v) is 13.1. The van der Waals surface area contributed by atoms with Gasteiger partial charge in [-0.25, -0.2) is 0 Å². The maximum absolute atomic E-state index is 11.4. The lowest BCUT2D eigenvalue weighted by Crippen LogP contribution is -2.11. The second kappa shape index (κ2) is 15.8. The predicted octanol–water partition coefficient (Wildman–Crippen LogP) is 6.20. The molecule has 0 aromatic heterocycles. The van der Waals surface area contributed by atoms with Gasteiger partial charge >= 0.3 is 0 Å². The summed E-state index contributed by atoms with van der Waals surface area (Å²) in [6.07, 6.45) is 0.918. The summed E-state index contributed by atoms with van der Waals surface area (Å²) in [6, 6.07) is 18.9. The highest BCUT2D eigenvalue weighted by Gasteiger charge is 2.11. The standard InChI is InChI=1S/C17H19NO2S.C10H14N2O2S/c1-3-21-16-9-7-13(8-10-16)17(12-19)18-14-5-4-6-15(11-14)20-2;1-12-7-4-8(13-2)9(14-3)5-10(7)15-6-11/h4-12,17-18H,3H2,1-2H3;4-5H,1,6,11H2,2-3H3. The van der Waals surface area contributed by atoms with E-state index in [1.807, 2.05) is 54.6 Å². The van der Waals surface area contributed by atoms with E-state index in [1.54, 1.807) is 39.2 Å². The van der Waals surface area contributed by atoms with Gasteiger partial charge in [0.15, 0.2) is 11.5 Å². The highest BCUT2D eigenvalue weighted by Crippen LogP contribution is 2.39. The number of methoxy groups -OCH3 is 3. The van der Waals surface area contributed by atoms with Gasteiger partial charge in [-0.05, 0) is 48.4 Å². The summed E-state index contributed by atoms with van der Waals surface area (Å²) < 4.78 is 15.5. The van der Waals surface area contributed by atoms with Gasteiger partial charge in [-0.2, -0.15) is 0 Å². The molecular weight excluding hydrogens is 494 g/mol. The van der Waals surface area contributed by atoms with Gasteiger partial charge in [0.25, 0.3) is 0 Å². The molecule has 9 heteroatoms. The summed E-state index contributed by atoms with van der Waals surface area (Å²) in [5.74, 6) is 3.60. The maximum atomic E-state index is 11.4. The van der Waals surface area contributed by atoms with Gasteiger partial charge in [0.1, 0.15) is 18.1 Å². The number of nitrogens with zero attached hydrogens (tertiary/aromatic N) is 1. The molecule has 0 bridgehead atoms. The zero-order chi connectivity index (χ0) is 26.3. The van der Waals surface area contributed by atoms with Crippen LogP contribution in [-0.2, 0) is 4.79 Å². The first-order chi connectivity index (χ1) is 17.5. The number of nitrogens with two attached hydrogens (primary N) is 1. The molecule has 1 unspecified atom stereocenters. The Kier molecular flexibility index (Phi) is 12.7. The quantitative estimate of drug-likeness (QED) is 0.124. The van der Waals surface area contributed by atoms with Crippen LogP contribution in [0.25, 0.3) is 0 Å². The van der Waals surface area contributed by atoms with Crippen molar-refractivity contribution in [3.63, 3.8) is 0 Å². The van der Waals surface area contributed by atoms with Crippen molar-refractivity contribution in [1.29, 1.82) is 0 Å². The van der Waals surface area contributed by atoms with E-state index >= 15 is 0 Å². The molecule has 0 aliphatic rings. The second-order valence-corrected chi connectivity index (χ2v) is 9.54. The molecule has 192 valence electrons. The number of hydrogen-bond acceptors (Lipinski definition) is 9. The summed E-state index contributed by atoms with van der Waals surface area (Å²) in [6.45, 7) is 5.63. The van der Waals surface area contributed by atoms with Gasteiger partial charge in [-0.15, -0.1) is 23.5 Å². The number of nitrogens with one attached hydrogen (secondary N) is 1. The molecule has 0 aliphatic heterocycles. The van der Waals surface area contributed by atoms with Crippen LogP contribution in [0.1, 0.15) is 18.5 Å². The van der Waals surface area contributed by atoms with Crippen LogP contribution in [-0.4, -0.2) is 46.0 Å². The fraction of sp³-hybridized carbons (Fsp3) is 0.259. The van der Waals surface area contributed by atoms with Crippen molar-refractivity contribution < 1.29 is 19.0 Å². The van der Waals surface area contributed by atoms with Crippen molar-refractivity contribution in [2.45, 2.75) is 22.8 Å². The van der Waals surface area contributed by atoms with Crippen LogP contribution in [0, 0.1) is 0 Å². The van der Waals surface area contributed by atoms with E-state index in [-0.39, 0.29) is 6.04 Å². The lowest BCUT2D eigenvalue weighted by molar-refractivity contribution is -0.108. The molecule has 0 saturated carbocycles. The van der Waals surface area contributed by atoms with Crippen molar-refractivity contribution in [1.82, 2.24) is 0 Å². The number of ether oxygens (including phenoxy) is 3. The first kappa shape index (κ1) is 29.1. The summed E-state index contributed by atoms with van der Waals surface area (Å²) in [5, 5.41) is 3.22. The van der Waals surface area contributed by atoms with Crippen molar-refractivity contribution in [2.24, 2.45) is 10.7 Å². The molecule has 0 fully saturated rings. The number of carbonyl (C=O) groups excluding carboxylic acids is 1. The molecule has 0 amide bonds. The Morgan fingerprint density at radius 2 is 1.69 bits per heavy atom. The Hall–Kier alpha value is -3.14. The average Bonchev–Trinajstić information content (AvgIpc) is 2.92. The molecule has 0 radical (unpaired) electrons. The molecule has 3 aromatic carbocycles. The van der Waals surface area contributed by atoms with Crippen molar-refractivity contribution in [2.75, 3.05) is 38.3 Å². The summed E-state index contributed by atoms with van der Waals surface area (Å²) >= 11 is 3.27. The third kappa shape index (κ3) is 8.51. The van der Waals surface area contributed by atoms with Crippen LogP contribution in [0.3, 0.4) is 0 Å². The van der Waals surface area contributed by atoms with Gasteiger partial charge in [0, 0.05) is 33.5 Å². The van der Waals surface area contributed by atoms with Crippen LogP contribution >= 0.6 is 23.5 Å². The highest BCUT2D eigenvalue weighted by atomic mass is 32.2. The monoisotopic (exact) mass is 527 g/mol. The number of aliphatic imine (C=N–C) groups is 1. The molecule has 0 spiro atoms. The molecule has 1 atom stereocenters. The fourth-order valence-corrected chi connectivity index (χ4v) is 4.51. The highest BCUT2D eigenvalue weighted by molar-refractivity contribution is 7.99. The Balaban J connectivity index is 0.000000269. The minimum atomic E-state index is -0.363. The normalized spacial score (nSPS) is 10.9. The third-order valence-corrected chi connectivity index (χ3v) is 6.65. The van der Waals surface area contributed by atoms with Crippen molar-refractivity contribution in [3.05, 3.63) is 66.2 Å². The molecule has 3 aromatic rings. The summed E-state index contributed by atoms with van der Waals surface area (Å²) in [4.78, 5) is 17.4. The average molecular weight is 528 g/mol. The largest absolute Gasteiger partial charge is 0.497 e. The number of rotatable bonds is 12. The van der Waals surface area contributed by atoms with Crippen LogP contribution in [0.15, 0.2) is 75.4 Å². The number of hydrogen-bond donors (Lipinski definition) is 2.